The van der Waals surface area contributed by atoms with Crippen LogP contribution >= 0.6 is 11.3 Å². The Hall–Kier alpha value is -3.07. The first kappa shape index (κ1) is 18.7. The van der Waals surface area contributed by atoms with Crippen molar-refractivity contribution in [2.75, 3.05) is 6.61 Å². The van der Waals surface area contributed by atoms with Crippen LogP contribution in [0.15, 0.2) is 40.8 Å². The van der Waals surface area contributed by atoms with Gasteiger partial charge in [0.2, 0.25) is 0 Å². The molecule has 0 amide bonds. The van der Waals surface area contributed by atoms with Gasteiger partial charge >= 0.3 is 5.97 Å². The predicted octanol–water partition coefficient (Wildman–Crippen LogP) is 3.55. The topological polar surface area (TPSA) is 104 Å². The smallest absolute Gasteiger partial charge is 0.328 e. The van der Waals surface area contributed by atoms with Gasteiger partial charge in [0.05, 0.1) is 23.2 Å². The first-order chi connectivity index (χ1) is 12.9. The summed E-state index contributed by atoms with van der Waals surface area (Å²) in [6.45, 7) is 3.74. The molecule has 0 bridgehead atoms. The molecule has 27 heavy (non-hydrogen) atoms. The van der Waals surface area contributed by atoms with Gasteiger partial charge in [0.1, 0.15) is 10.9 Å². The van der Waals surface area contributed by atoms with Crippen LogP contribution in [0, 0.1) is 10.1 Å². The van der Waals surface area contributed by atoms with Crippen LogP contribution in [-0.2, 0) is 9.53 Å². The minimum atomic E-state index is -0.821. The summed E-state index contributed by atoms with van der Waals surface area (Å²) in [6, 6.07) is 5.25. The van der Waals surface area contributed by atoms with E-state index in [1.807, 2.05) is 6.92 Å². The summed E-state index contributed by atoms with van der Waals surface area (Å²) in [4.78, 5) is 40.5. The number of rotatable bonds is 6. The van der Waals surface area contributed by atoms with Crippen LogP contribution in [0.4, 0.5) is 5.69 Å². The van der Waals surface area contributed by atoms with Gasteiger partial charge in [0.15, 0.2) is 0 Å². The number of ether oxygens (including phenoxy) is 1. The van der Waals surface area contributed by atoms with Crippen molar-refractivity contribution in [1.82, 2.24) is 9.55 Å². The second-order valence-electron chi connectivity index (χ2n) is 5.94. The molecule has 0 aliphatic carbocycles. The summed E-state index contributed by atoms with van der Waals surface area (Å²) in [5.41, 5.74) is 0.657. The number of benzene rings is 1. The fourth-order valence-corrected chi connectivity index (χ4v) is 3.56. The zero-order chi connectivity index (χ0) is 19.6. The Morgan fingerprint density at radius 2 is 2.22 bits per heavy atom. The number of non-ortho nitro benzene ring substituents is 1. The summed E-state index contributed by atoms with van der Waals surface area (Å²) in [6.07, 6.45) is 2.02. The zero-order valence-electron chi connectivity index (χ0n) is 14.7. The number of carbonyl (C=O) groups is 1. The monoisotopic (exact) mass is 387 g/mol. The maximum Gasteiger partial charge on any atom is 0.328 e. The van der Waals surface area contributed by atoms with Crippen molar-refractivity contribution in [3.05, 3.63) is 56.4 Å². The Morgan fingerprint density at radius 1 is 1.44 bits per heavy atom. The Bertz CT molecular complexity index is 1070. The second kappa shape index (κ2) is 7.67. The number of esters is 1. The van der Waals surface area contributed by atoms with E-state index in [0.29, 0.717) is 27.8 Å². The molecule has 0 aliphatic rings. The van der Waals surface area contributed by atoms with Crippen molar-refractivity contribution in [2.45, 2.75) is 26.3 Å². The van der Waals surface area contributed by atoms with Gasteiger partial charge in [-0.25, -0.2) is 9.78 Å². The van der Waals surface area contributed by atoms with E-state index in [1.165, 1.54) is 34.4 Å². The van der Waals surface area contributed by atoms with Crippen LogP contribution in [0.1, 0.15) is 26.3 Å². The quantitative estimate of drug-likeness (QED) is 0.364. The van der Waals surface area contributed by atoms with Crippen molar-refractivity contribution in [1.29, 1.82) is 0 Å². The molecule has 1 aromatic carbocycles. The fraction of sp³-hybridized carbons (Fsp3) is 0.278. The third-order valence-corrected chi connectivity index (χ3v) is 4.98. The van der Waals surface area contributed by atoms with E-state index >= 15 is 0 Å². The van der Waals surface area contributed by atoms with Gasteiger partial charge in [-0.3, -0.25) is 19.5 Å². The predicted molar refractivity (Wildman–Crippen MR) is 102 cm³/mol. The highest BCUT2D eigenvalue weighted by molar-refractivity contribution is 7.17. The average molecular weight is 387 g/mol. The standard InChI is InChI=1S/C18H17N3O5S/c1-3-7-26-18(23)11(2)20-10-19-16-15(17(20)22)14(9-27-16)12-5-4-6-13(8-12)21(24)25/h4-6,8-11H,3,7H2,1-2H3. The molecule has 0 N–H and O–H groups in total. The molecule has 0 fully saturated rings. The van der Waals surface area contributed by atoms with Crippen LogP contribution in [0.3, 0.4) is 0 Å². The Kier molecular flexibility index (Phi) is 5.31. The molecule has 8 nitrogen and oxygen atoms in total. The molecule has 0 saturated carbocycles. The van der Waals surface area contributed by atoms with Crippen LogP contribution in [0.2, 0.25) is 0 Å². The number of nitro benzene ring substituents is 1. The van der Waals surface area contributed by atoms with E-state index in [1.54, 1.807) is 24.4 Å². The number of hydrogen-bond acceptors (Lipinski definition) is 7. The van der Waals surface area contributed by atoms with Crippen molar-refractivity contribution >= 4 is 33.2 Å². The Morgan fingerprint density at radius 3 is 2.93 bits per heavy atom. The van der Waals surface area contributed by atoms with Gasteiger partial charge in [-0.2, -0.15) is 0 Å². The summed E-state index contributed by atoms with van der Waals surface area (Å²) < 4.78 is 6.34. The van der Waals surface area contributed by atoms with Gasteiger partial charge in [0.25, 0.3) is 11.2 Å². The van der Waals surface area contributed by atoms with Crippen molar-refractivity contribution in [2.24, 2.45) is 0 Å². The van der Waals surface area contributed by atoms with Gasteiger partial charge in [-0.1, -0.05) is 19.1 Å². The summed E-state index contributed by atoms with van der Waals surface area (Å²) in [5, 5.41) is 13.1. The molecule has 1 atom stereocenters. The molecule has 0 aliphatic heterocycles. The van der Waals surface area contributed by atoms with Crippen molar-refractivity contribution < 1.29 is 14.5 Å². The highest BCUT2D eigenvalue weighted by Crippen LogP contribution is 2.32. The molecular weight excluding hydrogens is 370 g/mol. The molecule has 2 aromatic heterocycles. The largest absolute Gasteiger partial charge is 0.464 e. The fourth-order valence-electron chi connectivity index (χ4n) is 2.66. The van der Waals surface area contributed by atoms with E-state index in [0.717, 1.165) is 0 Å². The highest BCUT2D eigenvalue weighted by atomic mass is 32.1. The molecule has 3 aromatic rings. The maximum atomic E-state index is 13.0. The number of thiophene rings is 1. The van der Waals surface area contributed by atoms with Gasteiger partial charge in [-0.05, 0) is 18.9 Å². The first-order valence-corrected chi connectivity index (χ1v) is 9.21. The van der Waals surface area contributed by atoms with Gasteiger partial charge in [-0.15, -0.1) is 11.3 Å². The first-order valence-electron chi connectivity index (χ1n) is 8.33. The van der Waals surface area contributed by atoms with Crippen LogP contribution in [-0.4, -0.2) is 27.1 Å². The molecule has 9 heteroatoms. The van der Waals surface area contributed by atoms with Crippen molar-refractivity contribution in [3.63, 3.8) is 0 Å². The van der Waals surface area contributed by atoms with Crippen LogP contribution < -0.4 is 5.56 Å². The molecule has 1 unspecified atom stereocenters. The minimum absolute atomic E-state index is 0.0624. The van der Waals surface area contributed by atoms with Crippen molar-refractivity contribution in [3.8, 4) is 11.1 Å². The lowest BCUT2D eigenvalue weighted by atomic mass is 10.1. The summed E-state index contributed by atoms with van der Waals surface area (Å²) in [7, 11) is 0. The third-order valence-electron chi connectivity index (χ3n) is 4.09. The average Bonchev–Trinajstić information content (AvgIpc) is 3.11. The van der Waals surface area contributed by atoms with E-state index < -0.39 is 16.9 Å². The minimum Gasteiger partial charge on any atom is -0.464 e. The molecule has 2 heterocycles. The van der Waals surface area contributed by atoms with Gasteiger partial charge in [0, 0.05) is 23.1 Å². The lowest BCUT2D eigenvalue weighted by Crippen LogP contribution is -2.29. The number of fused-ring (bicyclic) bond motifs is 1. The second-order valence-corrected chi connectivity index (χ2v) is 6.80. The lowest BCUT2D eigenvalue weighted by molar-refractivity contribution is -0.384. The Labute approximate surface area is 158 Å². The lowest BCUT2D eigenvalue weighted by Gasteiger charge is -2.14. The number of nitrogens with zero attached hydrogens (tertiary/aromatic N) is 3. The maximum absolute atomic E-state index is 13.0. The number of nitro groups is 1. The van der Waals surface area contributed by atoms with Crippen LogP contribution in [0.25, 0.3) is 21.3 Å². The molecule has 0 spiro atoms. The van der Waals surface area contributed by atoms with Crippen LogP contribution in [0.5, 0.6) is 0 Å². The summed E-state index contributed by atoms with van der Waals surface area (Å²) in [5.74, 6) is -0.507. The molecule has 0 radical (unpaired) electrons. The molecule has 0 saturated heterocycles. The SMILES string of the molecule is CCCOC(=O)C(C)n1cnc2scc(-c3cccc([N+](=O)[O-])c3)c2c1=O. The van der Waals surface area contributed by atoms with E-state index in [2.05, 4.69) is 4.98 Å². The van der Waals surface area contributed by atoms with E-state index in [4.69, 9.17) is 4.74 Å². The molecular formula is C18H17N3O5S. The number of hydrogen-bond donors (Lipinski definition) is 0. The normalized spacial score (nSPS) is 12.1. The summed E-state index contributed by atoms with van der Waals surface area (Å²) >= 11 is 1.27. The number of aromatic nitrogens is 2. The molecule has 3 rings (SSSR count). The van der Waals surface area contributed by atoms with E-state index in [-0.39, 0.29) is 17.9 Å². The van der Waals surface area contributed by atoms with Gasteiger partial charge < -0.3 is 4.74 Å². The molecule has 140 valence electrons. The number of carbonyl (C=O) groups excluding carboxylic acids is 1. The zero-order valence-corrected chi connectivity index (χ0v) is 15.6. The Balaban J connectivity index is 2.10. The highest BCUT2D eigenvalue weighted by Gasteiger charge is 2.21. The van der Waals surface area contributed by atoms with E-state index in [9.17, 15) is 19.7 Å². The third kappa shape index (κ3) is 3.59.